The Kier molecular flexibility index (Phi) is 6.22. The van der Waals surface area contributed by atoms with E-state index >= 15 is 0 Å². The summed E-state index contributed by atoms with van der Waals surface area (Å²) in [4.78, 5) is 14.7. The van der Waals surface area contributed by atoms with E-state index in [2.05, 4.69) is 30.1 Å². The third-order valence-corrected chi connectivity index (χ3v) is 4.50. The summed E-state index contributed by atoms with van der Waals surface area (Å²) in [5.41, 5.74) is 2.62. The molecule has 0 radical (unpaired) electrons. The summed E-state index contributed by atoms with van der Waals surface area (Å²) in [5.74, 6) is 0.577. The van der Waals surface area contributed by atoms with Crippen LogP contribution in [0.15, 0.2) is 29.8 Å². The third kappa shape index (κ3) is 4.83. The van der Waals surface area contributed by atoms with Gasteiger partial charge in [0.05, 0.1) is 0 Å². The van der Waals surface area contributed by atoms with Crippen LogP contribution in [0.2, 0.25) is 0 Å². The quantitative estimate of drug-likeness (QED) is 0.793. The highest BCUT2D eigenvalue weighted by atomic mass is 16.3. The fourth-order valence-electron chi connectivity index (χ4n) is 3.19. The van der Waals surface area contributed by atoms with Gasteiger partial charge < -0.3 is 10.4 Å². The molecule has 0 spiro atoms. The van der Waals surface area contributed by atoms with Gasteiger partial charge in [0.15, 0.2) is 0 Å². The molecule has 1 saturated heterocycles. The largest absolute Gasteiger partial charge is 0.508 e. The highest BCUT2D eigenvalue weighted by Gasteiger charge is 2.23. The molecule has 0 bridgehead atoms. The van der Waals surface area contributed by atoms with E-state index in [4.69, 9.17) is 0 Å². The maximum absolute atomic E-state index is 12.3. The molecule has 4 heteroatoms. The number of allylic oxidation sites excluding steroid dienone is 1. The van der Waals surface area contributed by atoms with Crippen LogP contribution >= 0.6 is 0 Å². The second kappa shape index (κ2) is 8.16. The van der Waals surface area contributed by atoms with Crippen LogP contribution < -0.4 is 5.32 Å². The minimum Gasteiger partial charge on any atom is -0.508 e. The molecule has 1 heterocycles. The van der Waals surface area contributed by atoms with E-state index in [1.165, 1.54) is 5.57 Å². The van der Waals surface area contributed by atoms with Crippen LogP contribution in [0.5, 0.6) is 5.75 Å². The standard InChI is InChI=1S/C19H28N2O2/c1-4-6-14(2)12-21-10-9-16(13-21)11-20-19(23)17-7-5-8-18(22)15(17)3/h5-8,16,22H,4,9-13H2,1-3H3,(H,20,23). The van der Waals surface area contributed by atoms with Gasteiger partial charge >= 0.3 is 0 Å². The van der Waals surface area contributed by atoms with Crippen molar-refractivity contribution in [3.8, 4) is 5.75 Å². The lowest BCUT2D eigenvalue weighted by Gasteiger charge is -2.17. The molecule has 0 aromatic heterocycles. The number of hydrogen-bond acceptors (Lipinski definition) is 3. The SMILES string of the molecule is CCC=C(C)CN1CCC(CNC(=O)c2cccc(O)c2C)C1. The number of likely N-dealkylation sites (tertiary alicyclic amines) is 1. The highest BCUT2D eigenvalue weighted by molar-refractivity contribution is 5.96. The zero-order valence-electron chi connectivity index (χ0n) is 14.4. The van der Waals surface area contributed by atoms with E-state index in [1.807, 2.05) is 0 Å². The van der Waals surface area contributed by atoms with Gasteiger partial charge in [0.1, 0.15) is 5.75 Å². The van der Waals surface area contributed by atoms with Crippen LogP contribution in [-0.4, -0.2) is 42.1 Å². The second-order valence-electron chi connectivity index (χ2n) is 6.51. The molecule has 2 rings (SSSR count). The van der Waals surface area contributed by atoms with Crippen LogP contribution in [-0.2, 0) is 0 Å². The average Bonchev–Trinajstić information content (AvgIpc) is 2.95. The van der Waals surface area contributed by atoms with Crippen molar-refractivity contribution in [1.29, 1.82) is 0 Å². The molecule has 1 aliphatic rings. The number of amides is 1. The van der Waals surface area contributed by atoms with Gasteiger partial charge in [-0.2, -0.15) is 0 Å². The van der Waals surface area contributed by atoms with E-state index in [0.717, 1.165) is 32.5 Å². The van der Waals surface area contributed by atoms with Gasteiger partial charge in [0, 0.05) is 30.8 Å². The first-order valence-electron chi connectivity index (χ1n) is 8.46. The van der Waals surface area contributed by atoms with E-state index in [1.54, 1.807) is 25.1 Å². The molecule has 126 valence electrons. The third-order valence-electron chi connectivity index (χ3n) is 4.50. The smallest absolute Gasteiger partial charge is 0.251 e. The molecule has 1 aliphatic heterocycles. The van der Waals surface area contributed by atoms with Gasteiger partial charge in [0.2, 0.25) is 0 Å². The molecule has 1 fully saturated rings. The minimum absolute atomic E-state index is 0.0982. The Balaban J connectivity index is 1.82. The van der Waals surface area contributed by atoms with Crippen molar-refractivity contribution < 1.29 is 9.90 Å². The molecule has 2 N–H and O–H groups in total. The van der Waals surface area contributed by atoms with Crippen molar-refractivity contribution in [2.75, 3.05) is 26.2 Å². The highest BCUT2D eigenvalue weighted by Crippen LogP contribution is 2.20. The molecule has 0 saturated carbocycles. The number of nitrogens with one attached hydrogen (secondary N) is 1. The Bertz CT molecular complexity index is 581. The Morgan fingerprint density at radius 3 is 3.00 bits per heavy atom. The number of aromatic hydroxyl groups is 1. The number of hydrogen-bond donors (Lipinski definition) is 2. The Morgan fingerprint density at radius 1 is 1.48 bits per heavy atom. The van der Waals surface area contributed by atoms with Crippen molar-refractivity contribution in [2.45, 2.75) is 33.6 Å². The topological polar surface area (TPSA) is 52.6 Å². The van der Waals surface area contributed by atoms with Crippen molar-refractivity contribution in [2.24, 2.45) is 5.92 Å². The van der Waals surface area contributed by atoms with Crippen LogP contribution in [0.1, 0.15) is 42.6 Å². The van der Waals surface area contributed by atoms with E-state index in [-0.39, 0.29) is 11.7 Å². The number of carbonyl (C=O) groups excluding carboxylic acids is 1. The first-order valence-corrected chi connectivity index (χ1v) is 8.46. The lowest BCUT2D eigenvalue weighted by Crippen LogP contribution is -2.31. The number of carbonyl (C=O) groups is 1. The minimum atomic E-state index is -0.0982. The Morgan fingerprint density at radius 2 is 2.26 bits per heavy atom. The summed E-state index contributed by atoms with van der Waals surface area (Å²) in [6.45, 7) is 9.97. The first-order chi connectivity index (χ1) is 11.0. The predicted octanol–water partition coefficient (Wildman–Crippen LogP) is 3.11. The fourth-order valence-corrected chi connectivity index (χ4v) is 3.19. The van der Waals surface area contributed by atoms with E-state index < -0.39 is 0 Å². The van der Waals surface area contributed by atoms with Gasteiger partial charge in [0.25, 0.3) is 5.91 Å². The number of rotatable bonds is 6. The molecule has 4 nitrogen and oxygen atoms in total. The predicted molar refractivity (Wildman–Crippen MR) is 93.8 cm³/mol. The molecule has 1 aromatic rings. The molecular weight excluding hydrogens is 288 g/mol. The molecule has 1 atom stereocenters. The van der Waals surface area contributed by atoms with Crippen LogP contribution in [0.4, 0.5) is 0 Å². The monoisotopic (exact) mass is 316 g/mol. The lowest BCUT2D eigenvalue weighted by molar-refractivity contribution is 0.0946. The summed E-state index contributed by atoms with van der Waals surface area (Å²) < 4.78 is 0. The molecule has 1 aromatic carbocycles. The molecule has 1 amide bonds. The molecule has 0 aliphatic carbocycles. The zero-order valence-corrected chi connectivity index (χ0v) is 14.4. The maximum Gasteiger partial charge on any atom is 0.251 e. The lowest BCUT2D eigenvalue weighted by atomic mass is 10.1. The van der Waals surface area contributed by atoms with Crippen LogP contribution in [0, 0.1) is 12.8 Å². The fraction of sp³-hybridized carbons (Fsp3) is 0.526. The molecular formula is C19H28N2O2. The molecule has 1 unspecified atom stereocenters. The molecule has 23 heavy (non-hydrogen) atoms. The Hall–Kier alpha value is -1.81. The summed E-state index contributed by atoms with van der Waals surface area (Å²) in [7, 11) is 0. The van der Waals surface area contributed by atoms with Crippen molar-refractivity contribution in [3.05, 3.63) is 41.0 Å². The second-order valence-corrected chi connectivity index (χ2v) is 6.51. The van der Waals surface area contributed by atoms with Gasteiger partial charge in [-0.15, -0.1) is 0 Å². The van der Waals surface area contributed by atoms with Crippen molar-refractivity contribution in [1.82, 2.24) is 10.2 Å². The van der Waals surface area contributed by atoms with Gasteiger partial charge in [-0.05, 0) is 51.3 Å². The van der Waals surface area contributed by atoms with Crippen LogP contribution in [0.25, 0.3) is 0 Å². The number of benzene rings is 1. The first kappa shape index (κ1) is 17.5. The number of nitrogens with zero attached hydrogens (tertiary/aromatic N) is 1. The average molecular weight is 316 g/mol. The Labute approximate surface area is 139 Å². The van der Waals surface area contributed by atoms with E-state index in [9.17, 15) is 9.90 Å². The van der Waals surface area contributed by atoms with Crippen LogP contribution in [0.3, 0.4) is 0 Å². The normalized spacial score (nSPS) is 19.1. The van der Waals surface area contributed by atoms with Gasteiger partial charge in [-0.3, -0.25) is 9.69 Å². The van der Waals surface area contributed by atoms with Crippen molar-refractivity contribution >= 4 is 5.91 Å². The van der Waals surface area contributed by atoms with E-state index in [0.29, 0.717) is 23.6 Å². The maximum atomic E-state index is 12.3. The summed E-state index contributed by atoms with van der Waals surface area (Å²) in [6.07, 6.45) is 4.49. The summed E-state index contributed by atoms with van der Waals surface area (Å²) >= 11 is 0. The summed E-state index contributed by atoms with van der Waals surface area (Å²) in [6, 6.07) is 5.06. The van der Waals surface area contributed by atoms with Crippen molar-refractivity contribution in [3.63, 3.8) is 0 Å². The number of phenols is 1. The van der Waals surface area contributed by atoms with Gasteiger partial charge in [-0.25, -0.2) is 0 Å². The zero-order chi connectivity index (χ0) is 16.8. The number of phenolic OH excluding ortho intramolecular Hbond substituents is 1. The van der Waals surface area contributed by atoms with Gasteiger partial charge in [-0.1, -0.05) is 24.6 Å². The summed E-state index contributed by atoms with van der Waals surface area (Å²) in [5, 5.41) is 12.7.